The van der Waals surface area contributed by atoms with Gasteiger partial charge in [0.1, 0.15) is 5.69 Å². The van der Waals surface area contributed by atoms with Crippen LogP contribution in [0.5, 0.6) is 11.5 Å². The van der Waals surface area contributed by atoms with Crippen molar-refractivity contribution in [2.45, 2.75) is 19.0 Å². The first-order valence-electron chi connectivity index (χ1n) is 10.3. The van der Waals surface area contributed by atoms with E-state index in [4.69, 9.17) is 9.47 Å². The fourth-order valence-electron chi connectivity index (χ4n) is 3.53. The molecule has 0 saturated carbocycles. The highest BCUT2D eigenvalue weighted by Crippen LogP contribution is 2.30. The molecule has 2 amide bonds. The number of carbonyl (C=O) groups excluding carboxylic acids is 2. The second-order valence-electron chi connectivity index (χ2n) is 7.23. The lowest BCUT2D eigenvalue weighted by molar-refractivity contribution is -0.134. The molecule has 1 aliphatic heterocycles. The summed E-state index contributed by atoms with van der Waals surface area (Å²) >= 11 is 0. The summed E-state index contributed by atoms with van der Waals surface area (Å²) in [6.07, 6.45) is 4.18. The minimum absolute atomic E-state index is 0.145. The van der Waals surface area contributed by atoms with Gasteiger partial charge >= 0.3 is 0 Å². The Hall–Kier alpha value is -4.27. The Labute approximate surface area is 191 Å². The van der Waals surface area contributed by atoms with E-state index < -0.39 is 12.1 Å². The number of rotatable bonds is 7. The monoisotopic (exact) mass is 445 g/mol. The molecule has 0 bridgehead atoms. The Morgan fingerprint density at radius 1 is 1.03 bits per heavy atom. The summed E-state index contributed by atoms with van der Waals surface area (Å²) in [7, 11) is 3.13. The summed E-state index contributed by atoms with van der Waals surface area (Å²) < 4.78 is 10.7. The van der Waals surface area contributed by atoms with Gasteiger partial charge in [-0.2, -0.15) is 5.10 Å². The predicted molar refractivity (Wildman–Crippen MR) is 121 cm³/mol. The van der Waals surface area contributed by atoms with E-state index in [0.29, 0.717) is 29.2 Å². The first kappa shape index (κ1) is 21.9. The molecule has 0 fully saturated rings. The third-order valence-electron chi connectivity index (χ3n) is 5.20. The Balaban J connectivity index is 1.71. The van der Waals surface area contributed by atoms with Gasteiger partial charge in [-0.3, -0.25) is 14.6 Å². The molecule has 2 aromatic carbocycles. The first-order chi connectivity index (χ1) is 16.1. The highest BCUT2D eigenvalue weighted by atomic mass is 16.5. The molecule has 9 nitrogen and oxygen atoms in total. The molecule has 33 heavy (non-hydrogen) atoms. The molecule has 0 aliphatic carbocycles. The number of hydrogen-bond donors (Lipinski definition) is 1. The smallest absolute Gasteiger partial charge is 0.273 e. The molecule has 2 heterocycles. The van der Waals surface area contributed by atoms with Crippen LogP contribution >= 0.6 is 0 Å². The molecule has 1 N–H and O–H groups in total. The van der Waals surface area contributed by atoms with Gasteiger partial charge in [0, 0.05) is 30.8 Å². The number of amides is 2. The van der Waals surface area contributed by atoms with Crippen LogP contribution in [-0.2, 0) is 4.79 Å². The van der Waals surface area contributed by atoms with Gasteiger partial charge in [0.25, 0.3) is 5.91 Å². The standard InChI is InChI=1S/C24H23N5O4/c1-32-20-10-8-17(14-21(20)33-2)18-9-11-22(30)29(28-18)23(16-6-4-3-5-7-16)27-24(31)19-15-25-12-13-26-19/h3-8,10,12-15,23H,9,11H2,1-2H3,(H,27,31). The summed E-state index contributed by atoms with van der Waals surface area (Å²) in [5, 5.41) is 8.83. The van der Waals surface area contributed by atoms with E-state index in [-0.39, 0.29) is 18.0 Å². The van der Waals surface area contributed by atoms with Crippen LogP contribution in [0, 0.1) is 0 Å². The SMILES string of the molecule is COc1ccc(C2=NN(C(NC(=O)c3cnccn3)c3ccccc3)C(=O)CC2)cc1OC. The van der Waals surface area contributed by atoms with Gasteiger partial charge in [-0.05, 0) is 23.8 Å². The summed E-state index contributed by atoms with van der Waals surface area (Å²) in [4.78, 5) is 33.8. The number of hydrazone groups is 1. The van der Waals surface area contributed by atoms with E-state index in [1.807, 2.05) is 42.5 Å². The lowest BCUT2D eigenvalue weighted by Crippen LogP contribution is -2.44. The van der Waals surface area contributed by atoms with Crippen molar-refractivity contribution in [3.05, 3.63) is 83.9 Å². The van der Waals surface area contributed by atoms with Crippen LogP contribution in [0.2, 0.25) is 0 Å². The third kappa shape index (κ3) is 4.82. The Morgan fingerprint density at radius 2 is 1.82 bits per heavy atom. The molecule has 0 spiro atoms. The molecular formula is C24H23N5O4. The number of nitrogens with one attached hydrogen (secondary N) is 1. The maximum absolute atomic E-state index is 12.9. The first-order valence-corrected chi connectivity index (χ1v) is 10.3. The van der Waals surface area contributed by atoms with Crippen LogP contribution < -0.4 is 14.8 Å². The average molecular weight is 445 g/mol. The van der Waals surface area contributed by atoms with Crippen molar-refractivity contribution < 1.29 is 19.1 Å². The number of carbonyl (C=O) groups is 2. The maximum atomic E-state index is 12.9. The minimum Gasteiger partial charge on any atom is -0.493 e. The number of ether oxygens (including phenoxy) is 2. The van der Waals surface area contributed by atoms with Crippen molar-refractivity contribution in [3.8, 4) is 11.5 Å². The van der Waals surface area contributed by atoms with Crippen molar-refractivity contribution in [1.29, 1.82) is 0 Å². The average Bonchev–Trinajstić information content (AvgIpc) is 2.88. The molecule has 0 saturated heterocycles. The summed E-state index contributed by atoms with van der Waals surface area (Å²) in [5.41, 5.74) is 2.36. The quantitative estimate of drug-likeness (QED) is 0.599. The Kier molecular flexibility index (Phi) is 6.58. The number of aromatic nitrogens is 2. The Morgan fingerprint density at radius 3 is 2.52 bits per heavy atom. The summed E-state index contributed by atoms with van der Waals surface area (Å²) in [6.45, 7) is 0. The molecule has 9 heteroatoms. The zero-order valence-corrected chi connectivity index (χ0v) is 18.3. The normalized spacial score (nSPS) is 14.3. The summed E-state index contributed by atoms with van der Waals surface area (Å²) in [6, 6.07) is 14.7. The van der Waals surface area contributed by atoms with Crippen molar-refractivity contribution in [2.75, 3.05) is 14.2 Å². The van der Waals surface area contributed by atoms with Gasteiger partial charge in [0.2, 0.25) is 5.91 Å². The maximum Gasteiger partial charge on any atom is 0.273 e. The van der Waals surface area contributed by atoms with E-state index in [2.05, 4.69) is 20.4 Å². The lowest BCUT2D eigenvalue weighted by Gasteiger charge is -2.32. The van der Waals surface area contributed by atoms with Crippen LogP contribution in [0.3, 0.4) is 0 Å². The topological polar surface area (TPSA) is 106 Å². The lowest BCUT2D eigenvalue weighted by atomic mass is 10.0. The van der Waals surface area contributed by atoms with Gasteiger partial charge < -0.3 is 14.8 Å². The van der Waals surface area contributed by atoms with Crippen molar-refractivity contribution in [3.63, 3.8) is 0 Å². The van der Waals surface area contributed by atoms with E-state index in [1.54, 1.807) is 20.3 Å². The zero-order chi connectivity index (χ0) is 23.2. The largest absolute Gasteiger partial charge is 0.493 e. The number of nitrogens with zero attached hydrogens (tertiary/aromatic N) is 4. The van der Waals surface area contributed by atoms with Gasteiger partial charge in [-0.15, -0.1) is 0 Å². The second kappa shape index (κ2) is 9.90. The molecule has 0 radical (unpaired) electrons. The minimum atomic E-state index is -0.816. The Bertz CT molecular complexity index is 1170. The van der Waals surface area contributed by atoms with Crippen molar-refractivity contribution >= 4 is 17.5 Å². The van der Waals surface area contributed by atoms with Crippen LogP contribution in [-0.4, -0.2) is 46.7 Å². The van der Waals surface area contributed by atoms with Crippen molar-refractivity contribution in [1.82, 2.24) is 20.3 Å². The molecule has 1 aromatic heterocycles. The molecule has 1 atom stereocenters. The molecule has 168 valence electrons. The van der Waals surface area contributed by atoms with Crippen LogP contribution in [0.4, 0.5) is 0 Å². The van der Waals surface area contributed by atoms with E-state index >= 15 is 0 Å². The molecule has 4 rings (SSSR count). The number of methoxy groups -OCH3 is 2. The van der Waals surface area contributed by atoms with Gasteiger partial charge in [0.05, 0.1) is 26.1 Å². The number of benzene rings is 2. The second-order valence-corrected chi connectivity index (χ2v) is 7.23. The predicted octanol–water partition coefficient (Wildman–Crippen LogP) is 2.95. The van der Waals surface area contributed by atoms with E-state index in [9.17, 15) is 9.59 Å². The third-order valence-corrected chi connectivity index (χ3v) is 5.20. The number of hydrogen-bond acceptors (Lipinski definition) is 7. The summed E-state index contributed by atoms with van der Waals surface area (Å²) in [5.74, 6) is 0.506. The molecule has 3 aromatic rings. The van der Waals surface area contributed by atoms with E-state index in [1.165, 1.54) is 23.6 Å². The fourth-order valence-corrected chi connectivity index (χ4v) is 3.53. The van der Waals surface area contributed by atoms with E-state index in [0.717, 1.165) is 5.56 Å². The van der Waals surface area contributed by atoms with Crippen molar-refractivity contribution in [2.24, 2.45) is 5.10 Å². The van der Waals surface area contributed by atoms with Crippen LogP contribution in [0.1, 0.15) is 40.6 Å². The molecule has 1 aliphatic rings. The molecular weight excluding hydrogens is 422 g/mol. The highest BCUT2D eigenvalue weighted by molar-refractivity contribution is 6.04. The van der Waals surface area contributed by atoms with Crippen LogP contribution in [0.15, 0.2) is 72.2 Å². The van der Waals surface area contributed by atoms with Gasteiger partial charge in [-0.25, -0.2) is 9.99 Å². The van der Waals surface area contributed by atoms with Gasteiger partial charge in [-0.1, -0.05) is 30.3 Å². The fraction of sp³-hybridized carbons (Fsp3) is 0.208. The molecule has 1 unspecified atom stereocenters. The van der Waals surface area contributed by atoms with Gasteiger partial charge in [0.15, 0.2) is 17.7 Å². The highest BCUT2D eigenvalue weighted by Gasteiger charge is 2.31. The zero-order valence-electron chi connectivity index (χ0n) is 18.3. The van der Waals surface area contributed by atoms with Crippen LogP contribution in [0.25, 0.3) is 0 Å².